The van der Waals surface area contributed by atoms with E-state index >= 15 is 0 Å². The van der Waals surface area contributed by atoms with Crippen LogP contribution in [0.2, 0.25) is 0 Å². The lowest BCUT2D eigenvalue weighted by Crippen LogP contribution is -2.49. The number of pyridine rings is 2. The van der Waals surface area contributed by atoms with Crippen molar-refractivity contribution in [2.45, 2.75) is 0 Å². The highest BCUT2D eigenvalue weighted by Gasteiger charge is 2.21. The van der Waals surface area contributed by atoms with Gasteiger partial charge in [-0.25, -0.2) is 9.97 Å². The zero-order valence-corrected chi connectivity index (χ0v) is 19.9. The monoisotopic (exact) mass is 477 g/mol. The summed E-state index contributed by atoms with van der Waals surface area (Å²) in [6.07, 6.45) is 9.23. The molecule has 1 amide bonds. The number of carbonyl (C=O) groups is 1. The highest BCUT2D eigenvalue weighted by atomic mass is 32.1. The standard InChI is InChI=1S/C24H27N7O2S/c1-25-9-7-19(30-13-15-31(16-14-30)22(32)17-33-2)8-12-27-24-29-21-4-3-20(28-23(21)34-24)18-5-10-26-11-6-18/h3-11H,1,12-17H2,2H3,(H,27,29)/b9-7-,19-8+. The summed E-state index contributed by atoms with van der Waals surface area (Å²) in [5.41, 5.74) is 3.82. The number of anilines is 1. The Morgan fingerprint density at radius 2 is 1.94 bits per heavy atom. The SMILES string of the molecule is C=N/C=C\C(=C/CNc1nc2ccc(-c3ccncc3)nc2s1)N1CCN(C(=O)COC)CC1. The van der Waals surface area contributed by atoms with Gasteiger partial charge in [0.2, 0.25) is 5.91 Å². The summed E-state index contributed by atoms with van der Waals surface area (Å²) in [5, 5.41) is 4.19. The molecule has 0 unspecified atom stereocenters. The van der Waals surface area contributed by atoms with Gasteiger partial charge in [-0.2, -0.15) is 0 Å². The Bertz CT molecular complexity index is 1180. The quantitative estimate of drug-likeness (QED) is 0.374. The maximum Gasteiger partial charge on any atom is 0.248 e. The van der Waals surface area contributed by atoms with Crippen molar-refractivity contribution in [2.24, 2.45) is 4.99 Å². The summed E-state index contributed by atoms with van der Waals surface area (Å²) >= 11 is 1.52. The number of rotatable bonds is 9. The van der Waals surface area contributed by atoms with E-state index in [0.717, 1.165) is 45.5 Å². The molecule has 4 heterocycles. The van der Waals surface area contributed by atoms with E-state index in [9.17, 15) is 4.79 Å². The average Bonchev–Trinajstić information content (AvgIpc) is 3.29. The van der Waals surface area contributed by atoms with E-state index in [1.807, 2.05) is 35.2 Å². The van der Waals surface area contributed by atoms with E-state index < -0.39 is 0 Å². The number of nitrogens with zero attached hydrogens (tertiary/aromatic N) is 6. The van der Waals surface area contributed by atoms with Crippen molar-refractivity contribution in [1.82, 2.24) is 24.8 Å². The van der Waals surface area contributed by atoms with Crippen molar-refractivity contribution in [3.8, 4) is 11.3 Å². The number of hydrogen-bond donors (Lipinski definition) is 1. The van der Waals surface area contributed by atoms with Crippen LogP contribution in [0.1, 0.15) is 0 Å². The zero-order valence-electron chi connectivity index (χ0n) is 19.1. The molecular formula is C24H27N7O2S. The topological polar surface area (TPSA) is 95.8 Å². The van der Waals surface area contributed by atoms with E-state index in [1.165, 1.54) is 18.4 Å². The molecule has 9 nitrogen and oxygen atoms in total. The molecule has 10 heteroatoms. The first-order valence-electron chi connectivity index (χ1n) is 10.9. The molecule has 0 saturated carbocycles. The number of ether oxygens (including phenoxy) is 1. The Hall–Kier alpha value is -3.63. The Kier molecular flexibility index (Phi) is 7.95. The maximum absolute atomic E-state index is 12.1. The van der Waals surface area contributed by atoms with Gasteiger partial charge in [-0.05, 0) is 43.1 Å². The highest BCUT2D eigenvalue weighted by Crippen LogP contribution is 2.27. The number of thiazole rings is 1. The third kappa shape index (κ3) is 5.83. The Morgan fingerprint density at radius 3 is 2.68 bits per heavy atom. The van der Waals surface area contributed by atoms with Gasteiger partial charge in [0, 0.05) is 69.7 Å². The molecule has 1 N–H and O–H groups in total. The number of aromatic nitrogens is 3. The number of carbonyl (C=O) groups excluding carboxylic acids is 1. The first-order valence-corrected chi connectivity index (χ1v) is 11.8. The van der Waals surface area contributed by atoms with Crippen LogP contribution in [0.5, 0.6) is 0 Å². The van der Waals surface area contributed by atoms with Gasteiger partial charge in [0.1, 0.15) is 17.0 Å². The molecule has 0 aromatic carbocycles. The molecule has 4 rings (SSSR count). The summed E-state index contributed by atoms with van der Waals surface area (Å²) < 4.78 is 4.96. The van der Waals surface area contributed by atoms with Crippen molar-refractivity contribution in [2.75, 3.05) is 51.8 Å². The number of amides is 1. The molecule has 34 heavy (non-hydrogen) atoms. The lowest BCUT2D eigenvalue weighted by Gasteiger charge is -2.36. The number of methoxy groups -OCH3 is 1. The minimum atomic E-state index is 0.0224. The minimum Gasteiger partial charge on any atom is -0.375 e. The molecule has 0 aliphatic carbocycles. The fourth-order valence-electron chi connectivity index (χ4n) is 3.68. The number of piperazine rings is 1. The van der Waals surface area contributed by atoms with Crippen LogP contribution in [0.3, 0.4) is 0 Å². The van der Waals surface area contributed by atoms with Gasteiger partial charge in [-0.1, -0.05) is 11.3 Å². The van der Waals surface area contributed by atoms with Crippen LogP contribution in [0.25, 0.3) is 21.6 Å². The zero-order chi connectivity index (χ0) is 23.8. The van der Waals surface area contributed by atoms with Crippen LogP contribution >= 0.6 is 11.3 Å². The molecule has 1 aliphatic rings. The maximum atomic E-state index is 12.1. The van der Waals surface area contributed by atoms with Crippen LogP contribution in [0.15, 0.2) is 65.7 Å². The largest absolute Gasteiger partial charge is 0.375 e. The summed E-state index contributed by atoms with van der Waals surface area (Å²) in [6.45, 7) is 7.04. The van der Waals surface area contributed by atoms with Crippen LogP contribution < -0.4 is 5.32 Å². The molecule has 0 atom stereocenters. The van der Waals surface area contributed by atoms with Crippen molar-refractivity contribution in [3.05, 3.63) is 60.7 Å². The van der Waals surface area contributed by atoms with Crippen molar-refractivity contribution < 1.29 is 9.53 Å². The van der Waals surface area contributed by atoms with Crippen LogP contribution in [0, 0.1) is 0 Å². The van der Waals surface area contributed by atoms with E-state index in [2.05, 4.69) is 38.0 Å². The molecule has 1 fully saturated rings. The summed E-state index contributed by atoms with van der Waals surface area (Å²) in [7, 11) is 1.54. The lowest BCUT2D eigenvalue weighted by atomic mass is 10.2. The third-order valence-corrected chi connectivity index (χ3v) is 6.33. The molecule has 1 aliphatic heterocycles. The number of hydrogen-bond acceptors (Lipinski definition) is 9. The minimum absolute atomic E-state index is 0.0224. The molecular weight excluding hydrogens is 450 g/mol. The Balaban J connectivity index is 1.41. The number of fused-ring (bicyclic) bond motifs is 1. The van der Waals surface area contributed by atoms with Gasteiger partial charge in [-0.3, -0.25) is 14.8 Å². The van der Waals surface area contributed by atoms with E-state index in [4.69, 9.17) is 9.72 Å². The Morgan fingerprint density at radius 1 is 1.18 bits per heavy atom. The predicted molar refractivity (Wildman–Crippen MR) is 136 cm³/mol. The first kappa shape index (κ1) is 23.5. The van der Waals surface area contributed by atoms with Gasteiger partial charge in [0.25, 0.3) is 0 Å². The molecule has 3 aromatic rings. The van der Waals surface area contributed by atoms with E-state index in [-0.39, 0.29) is 12.5 Å². The average molecular weight is 478 g/mol. The fourth-order valence-corrected chi connectivity index (χ4v) is 4.52. The molecule has 0 bridgehead atoms. The van der Waals surface area contributed by atoms with Gasteiger partial charge >= 0.3 is 0 Å². The second kappa shape index (κ2) is 11.5. The fraction of sp³-hybridized carbons (Fsp3) is 0.292. The summed E-state index contributed by atoms with van der Waals surface area (Å²) in [6, 6.07) is 7.85. The number of aliphatic imine (C=N–C) groups is 1. The third-order valence-electron chi connectivity index (χ3n) is 5.41. The van der Waals surface area contributed by atoms with Gasteiger partial charge < -0.3 is 19.9 Å². The normalized spacial score (nSPS) is 14.7. The van der Waals surface area contributed by atoms with Gasteiger partial charge in [0.05, 0.1) is 5.69 Å². The van der Waals surface area contributed by atoms with Crippen molar-refractivity contribution >= 4 is 39.4 Å². The number of nitrogens with one attached hydrogen (secondary N) is 1. The van der Waals surface area contributed by atoms with Crippen LogP contribution in [-0.4, -0.2) is 83.8 Å². The number of allylic oxidation sites excluding steroid dienone is 1. The lowest BCUT2D eigenvalue weighted by molar-refractivity contribution is -0.136. The van der Waals surface area contributed by atoms with Crippen molar-refractivity contribution in [1.29, 1.82) is 0 Å². The molecule has 1 saturated heterocycles. The van der Waals surface area contributed by atoms with Crippen LogP contribution in [0.4, 0.5) is 5.13 Å². The second-order valence-electron chi connectivity index (χ2n) is 7.58. The molecule has 0 spiro atoms. The smallest absolute Gasteiger partial charge is 0.248 e. The molecule has 3 aromatic heterocycles. The molecule has 176 valence electrons. The summed E-state index contributed by atoms with van der Waals surface area (Å²) in [4.78, 5) is 34.3. The summed E-state index contributed by atoms with van der Waals surface area (Å²) in [5.74, 6) is 0.0224. The highest BCUT2D eigenvalue weighted by molar-refractivity contribution is 7.21. The Labute approximate surface area is 202 Å². The van der Waals surface area contributed by atoms with Gasteiger partial charge in [-0.15, -0.1) is 0 Å². The van der Waals surface area contributed by atoms with Crippen molar-refractivity contribution in [3.63, 3.8) is 0 Å². The predicted octanol–water partition coefficient (Wildman–Crippen LogP) is 3.05. The van der Waals surface area contributed by atoms with E-state index in [0.29, 0.717) is 19.6 Å². The van der Waals surface area contributed by atoms with Gasteiger partial charge in [0.15, 0.2) is 5.13 Å². The second-order valence-corrected chi connectivity index (χ2v) is 8.56. The van der Waals surface area contributed by atoms with E-state index in [1.54, 1.807) is 18.6 Å². The molecule has 0 radical (unpaired) electrons. The first-order chi connectivity index (χ1) is 16.7. The van der Waals surface area contributed by atoms with Crippen LogP contribution in [-0.2, 0) is 9.53 Å².